The molecular formula is C11H20N2O. The van der Waals surface area contributed by atoms with Crippen molar-refractivity contribution < 1.29 is 4.79 Å². The minimum Gasteiger partial charge on any atom is -0.328 e. The van der Waals surface area contributed by atoms with Crippen LogP contribution in [0.1, 0.15) is 40.0 Å². The monoisotopic (exact) mass is 196 g/mol. The summed E-state index contributed by atoms with van der Waals surface area (Å²) in [6.07, 6.45) is 3.43. The SMILES string of the molecule is CCC1(C)NCN(CC2(C)CC2)C1=O. The number of carbonyl (C=O) groups is 1. The molecule has 1 amide bonds. The van der Waals surface area contributed by atoms with Gasteiger partial charge in [-0.05, 0) is 31.6 Å². The van der Waals surface area contributed by atoms with E-state index in [1.165, 1.54) is 12.8 Å². The van der Waals surface area contributed by atoms with Crippen LogP contribution in [-0.2, 0) is 4.79 Å². The summed E-state index contributed by atoms with van der Waals surface area (Å²) in [5.74, 6) is 0.285. The molecule has 0 aromatic carbocycles. The summed E-state index contributed by atoms with van der Waals surface area (Å²) in [5.41, 5.74) is 0.127. The highest BCUT2D eigenvalue weighted by molar-refractivity contribution is 5.87. The third-order valence-electron chi connectivity index (χ3n) is 3.80. The largest absolute Gasteiger partial charge is 0.328 e. The minimum atomic E-state index is -0.300. The van der Waals surface area contributed by atoms with Gasteiger partial charge in [0.15, 0.2) is 0 Å². The van der Waals surface area contributed by atoms with Crippen LogP contribution in [-0.4, -0.2) is 29.6 Å². The van der Waals surface area contributed by atoms with Gasteiger partial charge in [-0.2, -0.15) is 0 Å². The number of nitrogens with zero attached hydrogens (tertiary/aromatic N) is 1. The topological polar surface area (TPSA) is 32.3 Å². The van der Waals surface area contributed by atoms with E-state index < -0.39 is 0 Å². The van der Waals surface area contributed by atoms with Crippen molar-refractivity contribution in [2.45, 2.75) is 45.6 Å². The maximum atomic E-state index is 12.0. The zero-order chi connectivity index (χ0) is 10.4. The van der Waals surface area contributed by atoms with E-state index in [4.69, 9.17) is 0 Å². The van der Waals surface area contributed by atoms with Crippen molar-refractivity contribution in [2.75, 3.05) is 13.2 Å². The third kappa shape index (κ3) is 1.54. The molecule has 0 bridgehead atoms. The molecule has 1 heterocycles. The molecule has 1 aliphatic carbocycles. The van der Waals surface area contributed by atoms with Gasteiger partial charge in [0, 0.05) is 6.54 Å². The number of nitrogens with one attached hydrogen (secondary N) is 1. The Labute approximate surface area is 85.8 Å². The van der Waals surface area contributed by atoms with Crippen molar-refractivity contribution in [3.8, 4) is 0 Å². The molecule has 1 N–H and O–H groups in total. The molecule has 0 aromatic heterocycles. The molecule has 2 fully saturated rings. The predicted molar refractivity (Wildman–Crippen MR) is 55.8 cm³/mol. The zero-order valence-corrected chi connectivity index (χ0v) is 9.39. The third-order valence-corrected chi connectivity index (χ3v) is 3.80. The van der Waals surface area contributed by atoms with Crippen LogP contribution in [0.3, 0.4) is 0 Å². The van der Waals surface area contributed by atoms with Crippen LogP contribution in [0, 0.1) is 5.41 Å². The summed E-state index contributed by atoms with van der Waals surface area (Å²) in [6.45, 7) is 8.01. The average molecular weight is 196 g/mol. The number of hydrogen-bond acceptors (Lipinski definition) is 2. The van der Waals surface area contributed by atoms with Gasteiger partial charge in [-0.3, -0.25) is 10.1 Å². The van der Waals surface area contributed by atoms with E-state index in [1.807, 2.05) is 11.8 Å². The molecule has 1 saturated carbocycles. The summed E-state index contributed by atoms with van der Waals surface area (Å²) >= 11 is 0. The first-order chi connectivity index (χ1) is 6.49. The summed E-state index contributed by atoms with van der Waals surface area (Å²) in [4.78, 5) is 14.0. The number of amides is 1. The Morgan fingerprint density at radius 3 is 2.50 bits per heavy atom. The van der Waals surface area contributed by atoms with Gasteiger partial charge in [0.05, 0.1) is 12.2 Å². The van der Waals surface area contributed by atoms with E-state index in [1.54, 1.807) is 0 Å². The second-order valence-electron chi connectivity index (χ2n) is 5.33. The molecule has 1 unspecified atom stereocenters. The normalized spacial score (nSPS) is 35.1. The Morgan fingerprint density at radius 1 is 1.43 bits per heavy atom. The van der Waals surface area contributed by atoms with Crippen LogP contribution in [0.4, 0.5) is 0 Å². The van der Waals surface area contributed by atoms with E-state index in [-0.39, 0.29) is 11.4 Å². The van der Waals surface area contributed by atoms with Crippen LogP contribution >= 0.6 is 0 Å². The van der Waals surface area contributed by atoms with Gasteiger partial charge in [-0.15, -0.1) is 0 Å². The molecule has 14 heavy (non-hydrogen) atoms. The summed E-state index contributed by atoms with van der Waals surface area (Å²) in [5, 5.41) is 3.31. The fourth-order valence-electron chi connectivity index (χ4n) is 2.00. The van der Waals surface area contributed by atoms with E-state index in [0.29, 0.717) is 5.41 Å². The summed E-state index contributed by atoms with van der Waals surface area (Å²) in [7, 11) is 0. The second-order valence-corrected chi connectivity index (χ2v) is 5.33. The maximum absolute atomic E-state index is 12.0. The molecule has 1 aliphatic heterocycles. The summed E-state index contributed by atoms with van der Waals surface area (Å²) < 4.78 is 0. The Hall–Kier alpha value is -0.570. The fourth-order valence-corrected chi connectivity index (χ4v) is 2.00. The van der Waals surface area contributed by atoms with Crippen molar-refractivity contribution >= 4 is 5.91 Å². The van der Waals surface area contributed by atoms with E-state index in [0.717, 1.165) is 19.6 Å². The Kier molecular flexibility index (Phi) is 2.11. The van der Waals surface area contributed by atoms with Gasteiger partial charge in [0.1, 0.15) is 0 Å². The van der Waals surface area contributed by atoms with Crippen molar-refractivity contribution in [2.24, 2.45) is 5.41 Å². The molecular weight excluding hydrogens is 176 g/mol. The Morgan fingerprint density at radius 2 is 2.07 bits per heavy atom. The van der Waals surface area contributed by atoms with Gasteiger partial charge in [-0.1, -0.05) is 13.8 Å². The first-order valence-corrected chi connectivity index (χ1v) is 5.54. The van der Waals surface area contributed by atoms with E-state index >= 15 is 0 Å². The first kappa shape index (κ1) is 9.97. The van der Waals surface area contributed by atoms with Crippen molar-refractivity contribution in [3.63, 3.8) is 0 Å². The average Bonchev–Trinajstić information content (AvgIpc) is 2.82. The van der Waals surface area contributed by atoms with Gasteiger partial charge < -0.3 is 4.90 Å². The molecule has 3 nitrogen and oxygen atoms in total. The molecule has 1 atom stereocenters. The molecule has 80 valence electrons. The van der Waals surface area contributed by atoms with Gasteiger partial charge in [0.2, 0.25) is 5.91 Å². The Balaban J connectivity index is 2.00. The standard InChI is InChI=1S/C11H20N2O/c1-4-11(3)9(14)13(8-12-11)7-10(2)5-6-10/h12H,4-8H2,1-3H3. The maximum Gasteiger partial charge on any atom is 0.243 e. The second kappa shape index (κ2) is 2.96. The van der Waals surface area contributed by atoms with Crippen LogP contribution < -0.4 is 5.32 Å². The number of rotatable bonds is 3. The first-order valence-electron chi connectivity index (χ1n) is 5.54. The molecule has 2 rings (SSSR count). The molecule has 2 aliphatic rings. The molecule has 3 heteroatoms. The highest BCUT2D eigenvalue weighted by Gasteiger charge is 2.46. The van der Waals surface area contributed by atoms with Crippen molar-refractivity contribution in [3.05, 3.63) is 0 Å². The van der Waals surface area contributed by atoms with E-state index in [9.17, 15) is 4.79 Å². The van der Waals surface area contributed by atoms with Crippen LogP contribution in [0.2, 0.25) is 0 Å². The number of hydrogen-bond donors (Lipinski definition) is 1. The minimum absolute atomic E-state index is 0.285. The van der Waals surface area contributed by atoms with E-state index in [2.05, 4.69) is 19.2 Å². The van der Waals surface area contributed by atoms with Gasteiger partial charge in [0.25, 0.3) is 0 Å². The zero-order valence-electron chi connectivity index (χ0n) is 9.39. The highest BCUT2D eigenvalue weighted by atomic mass is 16.2. The van der Waals surface area contributed by atoms with Gasteiger partial charge in [-0.25, -0.2) is 0 Å². The van der Waals surface area contributed by atoms with Gasteiger partial charge >= 0.3 is 0 Å². The molecule has 0 spiro atoms. The summed E-state index contributed by atoms with van der Waals surface area (Å²) in [6, 6.07) is 0. The quantitative estimate of drug-likeness (QED) is 0.739. The fraction of sp³-hybridized carbons (Fsp3) is 0.909. The van der Waals surface area contributed by atoms with Crippen LogP contribution in [0.25, 0.3) is 0 Å². The lowest BCUT2D eigenvalue weighted by molar-refractivity contribution is -0.132. The lowest BCUT2D eigenvalue weighted by Gasteiger charge is -2.23. The van der Waals surface area contributed by atoms with Crippen molar-refractivity contribution in [1.29, 1.82) is 0 Å². The molecule has 0 radical (unpaired) electrons. The lowest BCUT2D eigenvalue weighted by Crippen LogP contribution is -2.43. The number of carbonyl (C=O) groups excluding carboxylic acids is 1. The van der Waals surface area contributed by atoms with Crippen LogP contribution in [0.15, 0.2) is 0 Å². The lowest BCUT2D eigenvalue weighted by atomic mass is 9.99. The van der Waals surface area contributed by atoms with Crippen LogP contribution in [0.5, 0.6) is 0 Å². The molecule has 0 aromatic rings. The predicted octanol–water partition coefficient (Wildman–Crippen LogP) is 1.34. The highest BCUT2D eigenvalue weighted by Crippen LogP contribution is 2.46. The molecule has 1 saturated heterocycles. The smallest absolute Gasteiger partial charge is 0.243 e. The Bertz CT molecular complexity index is 260. The van der Waals surface area contributed by atoms with Crippen molar-refractivity contribution in [1.82, 2.24) is 10.2 Å².